The molecule has 9 heteroatoms. The van der Waals surface area contributed by atoms with E-state index in [0.29, 0.717) is 28.7 Å². The molecule has 1 aromatic carbocycles. The number of thioether (sulfide) groups is 1. The number of allylic oxidation sites excluding steroid dienone is 1. The summed E-state index contributed by atoms with van der Waals surface area (Å²) in [5, 5.41) is 3.94. The van der Waals surface area contributed by atoms with E-state index in [1.807, 2.05) is 0 Å². The van der Waals surface area contributed by atoms with E-state index in [1.54, 1.807) is 46.2 Å². The summed E-state index contributed by atoms with van der Waals surface area (Å²) in [5.41, 5.74) is 1.71. The molecule has 0 fully saturated rings. The molecule has 2 heterocycles. The van der Waals surface area contributed by atoms with Crippen LogP contribution in [-0.4, -0.2) is 34.3 Å². The van der Waals surface area contributed by atoms with Crippen LogP contribution < -0.4 is 10.9 Å². The fraction of sp³-hybridized carbons (Fsp3) is 0.333. The highest BCUT2D eigenvalue weighted by atomic mass is 32.2. The average Bonchev–Trinajstić information content (AvgIpc) is 3.17. The minimum absolute atomic E-state index is 0.0344. The number of ether oxygens (including phenoxy) is 1. The van der Waals surface area contributed by atoms with Gasteiger partial charge in [0.25, 0.3) is 5.56 Å². The number of aryl methyl sites for hydroxylation is 1. The maximum absolute atomic E-state index is 13.4. The minimum atomic E-state index is -0.526. The van der Waals surface area contributed by atoms with Crippen molar-refractivity contribution in [3.63, 3.8) is 0 Å². The third kappa shape index (κ3) is 4.74. The fourth-order valence-electron chi connectivity index (χ4n) is 4.00. The number of aromatic nitrogens is 2. The maximum Gasteiger partial charge on any atom is 0.339 e. The molecular weight excluding hydrogens is 458 g/mol. The zero-order chi connectivity index (χ0) is 23.5. The molecule has 172 valence electrons. The molecule has 33 heavy (non-hydrogen) atoms. The summed E-state index contributed by atoms with van der Waals surface area (Å²) >= 11 is 2.78. The molecule has 0 saturated carbocycles. The Bertz CT molecular complexity index is 1290. The normalized spacial score (nSPS) is 15.2. The molecule has 1 N–H and O–H groups in total. The lowest BCUT2D eigenvalue weighted by molar-refractivity contribution is -0.113. The van der Waals surface area contributed by atoms with Gasteiger partial charge in [-0.3, -0.25) is 14.2 Å². The molecule has 1 aliphatic rings. The number of thiophene rings is 1. The summed E-state index contributed by atoms with van der Waals surface area (Å²) in [6.07, 6.45) is 4.60. The van der Waals surface area contributed by atoms with E-state index in [1.165, 1.54) is 23.7 Å². The molecule has 7 nitrogen and oxygen atoms in total. The molecule has 1 atom stereocenters. The number of hydrogen-bond donors (Lipinski definition) is 1. The predicted molar refractivity (Wildman–Crippen MR) is 132 cm³/mol. The Morgan fingerprint density at radius 2 is 2.18 bits per heavy atom. The number of methoxy groups -OCH3 is 1. The van der Waals surface area contributed by atoms with Crippen molar-refractivity contribution in [2.45, 2.75) is 37.9 Å². The number of benzene rings is 1. The van der Waals surface area contributed by atoms with E-state index in [-0.39, 0.29) is 22.8 Å². The number of nitrogens with zero attached hydrogens (tertiary/aromatic N) is 2. The molecular formula is C24H25N3O4S2. The Balaban J connectivity index is 1.59. The smallest absolute Gasteiger partial charge is 0.339 e. The number of fused-ring (bicyclic) bond motifs is 3. The van der Waals surface area contributed by atoms with Crippen molar-refractivity contribution in [1.82, 2.24) is 9.55 Å². The van der Waals surface area contributed by atoms with E-state index < -0.39 is 5.97 Å². The summed E-state index contributed by atoms with van der Waals surface area (Å²) < 4.78 is 6.36. The number of nitrogens with one attached hydrogen (secondary N) is 1. The molecule has 2 aromatic heterocycles. The van der Waals surface area contributed by atoms with Crippen molar-refractivity contribution in [3.8, 4) is 0 Å². The van der Waals surface area contributed by atoms with E-state index >= 15 is 0 Å². The van der Waals surface area contributed by atoms with E-state index in [2.05, 4.69) is 18.8 Å². The van der Waals surface area contributed by atoms with Crippen LogP contribution in [0.2, 0.25) is 0 Å². The van der Waals surface area contributed by atoms with Crippen LogP contribution in [0.1, 0.15) is 34.1 Å². The number of anilines is 1. The van der Waals surface area contributed by atoms with Gasteiger partial charge in [0, 0.05) is 11.4 Å². The highest BCUT2D eigenvalue weighted by Gasteiger charge is 2.25. The molecule has 1 aliphatic carbocycles. The quantitative estimate of drug-likeness (QED) is 0.233. The van der Waals surface area contributed by atoms with Crippen LogP contribution in [0.25, 0.3) is 10.2 Å². The summed E-state index contributed by atoms with van der Waals surface area (Å²) in [6.45, 7) is 6.32. The highest BCUT2D eigenvalue weighted by molar-refractivity contribution is 7.99. The van der Waals surface area contributed by atoms with Crippen molar-refractivity contribution in [2.24, 2.45) is 5.92 Å². The van der Waals surface area contributed by atoms with Gasteiger partial charge in [0.2, 0.25) is 5.91 Å². The summed E-state index contributed by atoms with van der Waals surface area (Å²) in [4.78, 5) is 44.7. The Kier molecular flexibility index (Phi) is 6.99. The Labute approximate surface area is 199 Å². The first-order valence-electron chi connectivity index (χ1n) is 10.7. The van der Waals surface area contributed by atoms with Gasteiger partial charge in [-0.1, -0.05) is 36.9 Å². The van der Waals surface area contributed by atoms with Gasteiger partial charge in [-0.05, 0) is 42.9 Å². The lowest BCUT2D eigenvalue weighted by atomic mass is 9.89. The Morgan fingerprint density at radius 1 is 1.39 bits per heavy atom. The first kappa shape index (κ1) is 23.3. The standard InChI is InChI=1S/C24H25N3O4S2/c1-4-11-27-22(29)20-16-10-9-14(2)12-18(16)33-21(20)26-24(27)32-13-19(28)25-17-8-6-5-7-15(17)23(30)31-3/h4-8,14H,1,9-13H2,2-3H3,(H,25,28). The number of amides is 1. The third-order valence-electron chi connectivity index (χ3n) is 5.63. The van der Waals surface area contributed by atoms with Gasteiger partial charge in [-0.2, -0.15) is 0 Å². The number of rotatable bonds is 7. The van der Waals surface area contributed by atoms with E-state index in [0.717, 1.165) is 29.7 Å². The van der Waals surface area contributed by atoms with Crippen molar-refractivity contribution in [3.05, 3.63) is 63.3 Å². The number of hydrogen-bond acceptors (Lipinski definition) is 7. The number of para-hydroxylation sites is 1. The topological polar surface area (TPSA) is 90.3 Å². The summed E-state index contributed by atoms with van der Waals surface area (Å²) in [6, 6.07) is 6.66. The van der Waals surface area contributed by atoms with Crippen molar-refractivity contribution in [1.29, 1.82) is 0 Å². The van der Waals surface area contributed by atoms with Gasteiger partial charge in [0.15, 0.2) is 5.16 Å². The van der Waals surface area contributed by atoms with E-state index in [9.17, 15) is 14.4 Å². The van der Waals surface area contributed by atoms with Crippen molar-refractivity contribution in [2.75, 3.05) is 18.2 Å². The first-order chi connectivity index (χ1) is 15.9. The molecule has 0 radical (unpaired) electrons. The SMILES string of the molecule is C=CCn1c(SCC(=O)Nc2ccccc2C(=O)OC)nc2sc3c(c2c1=O)CCC(C)C3. The van der Waals surface area contributed by atoms with Gasteiger partial charge < -0.3 is 10.1 Å². The van der Waals surface area contributed by atoms with Crippen LogP contribution in [0.4, 0.5) is 5.69 Å². The van der Waals surface area contributed by atoms with Crippen LogP contribution >= 0.6 is 23.1 Å². The van der Waals surface area contributed by atoms with Crippen LogP contribution in [0.3, 0.4) is 0 Å². The molecule has 1 amide bonds. The summed E-state index contributed by atoms with van der Waals surface area (Å²) in [5.74, 6) is -0.199. The van der Waals surface area contributed by atoms with Crippen LogP contribution in [0.15, 0.2) is 46.9 Å². The molecule has 3 aromatic rings. The maximum atomic E-state index is 13.4. The lowest BCUT2D eigenvalue weighted by Gasteiger charge is -2.17. The Morgan fingerprint density at radius 3 is 2.94 bits per heavy atom. The van der Waals surface area contributed by atoms with Gasteiger partial charge in [0.05, 0.1) is 29.5 Å². The number of carbonyl (C=O) groups is 2. The van der Waals surface area contributed by atoms with Gasteiger partial charge in [-0.15, -0.1) is 17.9 Å². The molecule has 0 spiro atoms. The van der Waals surface area contributed by atoms with Crippen LogP contribution in [0, 0.1) is 5.92 Å². The average molecular weight is 484 g/mol. The number of esters is 1. The lowest BCUT2D eigenvalue weighted by Crippen LogP contribution is -2.24. The van der Waals surface area contributed by atoms with E-state index in [4.69, 9.17) is 9.72 Å². The van der Waals surface area contributed by atoms with Gasteiger partial charge in [0.1, 0.15) is 4.83 Å². The zero-order valence-electron chi connectivity index (χ0n) is 18.6. The second-order valence-electron chi connectivity index (χ2n) is 8.00. The van der Waals surface area contributed by atoms with Crippen molar-refractivity contribution < 1.29 is 14.3 Å². The second-order valence-corrected chi connectivity index (χ2v) is 10.0. The monoisotopic (exact) mass is 483 g/mol. The minimum Gasteiger partial charge on any atom is -0.465 e. The molecule has 1 unspecified atom stereocenters. The zero-order valence-corrected chi connectivity index (χ0v) is 20.2. The van der Waals surface area contributed by atoms with Gasteiger partial charge in [-0.25, -0.2) is 9.78 Å². The molecule has 0 bridgehead atoms. The first-order valence-corrected chi connectivity index (χ1v) is 12.5. The molecule has 4 rings (SSSR count). The van der Waals surface area contributed by atoms with Crippen molar-refractivity contribution >= 4 is 50.9 Å². The van der Waals surface area contributed by atoms with Crippen LogP contribution in [0.5, 0.6) is 0 Å². The van der Waals surface area contributed by atoms with Gasteiger partial charge >= 0.3 is 5.97 Å². The fourth-order valence-corrected chi connectivity index (χ4v) is 6.23. The second kappa shape index (κ2) is 9.93. The highest BCUT2D eigenvalue weighted by Crippen LogP contribution is 2.36. The van der Waals surface area contributed by atoms with Crippen LogP contribution in [-0.2, 0) is 28.9 Å². The summed E-state index contributed by atoms with van der Waals surface area (Å²) in [7, 11) is 1.29. The number of carbonyl (C=O) groups excluding carboxylic acids is 2. The largest absolute Gasteiger partial charge is 0.465 e. The third-order valence-corrected chi connectivity index (χ3v) is 7.76. The molecule has 0 aliphatic heterocycles. The Hall–Kier alpha value is -2.91. The predicted octanol–water partition coefficient (Wildman–Crippen LogP) is 4.29. The molecule has 0 saturated heterocycles.